The lowest BCUT2D eigenvalue weighted by Gasteiger charge is -1.88. The normalized spacial score (nSPS) is 9.13. The Bertz CT molecular complexity index is 504. The molecule has 0 amide bonds. The molecule has 0 radical (unpaired) electrons. The Hall–Kier alpha value is -1.27. The summed E-state index contributed by atoms with van der Waals surface area (Å²) < 4.78 is 1.23. The molecule has 72 valence electrons. The molecule has 0 nitrogen and oxygen atoms in total. The molecule has 0 bridgehead atoms. The van der Waals surface area contributed by atoms with Gasteiger partial charge in [-0.25, -0.2) is 0 Å². The Balaban J connectivity index is 2.31. The van der Waals surface area contributed by atoms with Crippen molar-refractivity contribution in [2.75, 3.05) is 0 Å². The van der Waals surface area contributed by atoms with Crippen molar-refractivity contribution in [2.24, 2.45) is 0 Å². The molecule has 15 heavy (non-hydrogen) atoms. The van der Waals surface area contributed by atoms with Gasteiger partial charge in [0.05, 0.1) is 5.56 Å². The van der Waals surface area contributed by atoms with E-state index in [0.29, 0.717) is 0 Å². The zero-order valence-electron chi connectivity index (χ0n) is 8.10. The van der Waals surface area contributed by atoms with Crippen LogP contribution in [0.1, 0.15) is 11.1 Å². The first-order valence-corrected chi connectivity index (χ1v) is 5.86. The molecule has 0 heterocycles. The van der Waals surface area contributed by atoms with Crippen molar-refractivity contribution in [1.82, 2.24) is 0 Å². The smallest absolute Gasteiger partial charge is 0.0622 e. The Morgan fingerprint density at radius 1 is 0.733 bits per heavy atom. The predicted octanol–water partition coefficient (Wildman–Crippen LogP) is -0.458. The Kier molecular flexibility index (Phi) is 3.41. The first-order valence-electron chi connectivity index (χ1n) is 4.69. The molecule has 2 aromatic rings. The van der Waals surface area contributed by atoms with Crippen molar-refractivity contribution in [3.8, 4) is 11.8 Å². The summed E-state index contributed by atoms with van der Waals surface area (Å²) in [6.45, 7) is 0. The van der Waals surface area contributed by atoms with E-state index in [1.807, 2.05) is 71.1 Å². The molecule has 0 saturated heterocycles. The molecule has 0 spiro atoms. The third kappa shape index (κ3) is 2.84. The Labute approximate surface area is 103 Å². The van der Waals surface area contributed by atoms with Gasteiger partial charge in [-0.05, 0) is 24.3 Å². The van der Waals surface area contributed by atoms with Crippen LogP contribution >= 0.6 is 0 Å². The van der Waals surface area contributed by atoms with Gasteiger partial charge in [0.2, 0.25) is 3.57 Å². The van der Waals surface area contributed by atoms with Crippen LogP contribution in [0.4, 0.5) is 0 Å². The van der Waals surface area contributed by atoms with Crippen LogP contribution in [0.3, 0.4) is 0 Å². The Morgan fingerprint density at radius 3 is 2.13 bits per heavy atom. The molecule has 2 aromatic carbocycles. The van der Waals surface area contributed by atoms with Gasteiger partial charge in [0.1, 0.15) is 0 Å². The molecular formula is C14H10I+. The summed E-state index contributed by atoms with van der Waals surface area (Å²) >= 11 is 2.00. The van der Waals surface area contributed by atoms with Crippen LogP contribution in [0.5, 0.6) is 0 Å². The van der Waals surface area contributed by atoms with E-state index < -0.39 is 0 Å². The second kappa shape index (κ2) is 4.99. The summed E-state index contributed by atoms with van der Waals surface area (Å²) in [5.41, 5.74) is 2.16. The highest BCUT2D eigenvalue weighted by Gasteiger charge is 2.00. The molecule has 0 aliphatic rings. The highest BCUT2D eigenvalue weighted by Crippen LogP contribution is 1.98. The average Bonchev–Trinajstić information content (AvgIpc) is 2.29. The SMILES string of the molecule is [IH+]c1ccccc1C#Cc1ccccc1. The topological polar surface area (TPSA) is 0 Å². The van der Waals surface area contributed by atoms with Crippen LogP contribution < -0.4 is 22.6 Å². The summed E-state index contributed by atoms with van der Waals surface area (Å²) in [6, 6.07) is 18.2. The minimum absolute atomic E-state index is 1.06. The lowest BCUT2D eigenvalue weighted by atomic mass is 10.2. The summed E-state index contributed by atoms with van der Waals surface area (Å²) in [7, 11) is 0. The highest BCUT2D eigenvalue weighted by atomic mass is 127. The van der Waals surface area contributed by atoms with E-state index in [1.54, 1.807) is 0 Å². The van der Waals surface area contributed by atoms with Gasteiger partial charge in [-0.1, -0.05) is 42.2 Å². The van der Waals surface area contributed by atoms with E-state index >= 15 is 0 Å². The maximum Gasteiger partial charge on any atom is 0.298 e. The van der Waals surface area contributed by atoms with Gasteiger partial charge in [0.15, 0.2) is 0 Å². The van der Waals surface area contributed by atoms with Crippen molar-refractivity contribution in [3.05, 3.63) is 69.3 Å². The van der Waals surface area contributed by atoms with Gasteiger partial charge in [0, 0.05) is 5.56 Å². The van der Waals surface area contributed by atoms with E-state index in [-0.39, 0.29) is 0 Å². The van der Waals surface area contributed by atoms with E-state index in [4.69, 9.17) is 0 Å². The largest absolute Gasteiger partial charge is 0.298 e. The maximum absolute atomic E-state index is 3.18. The van der Waals surface area contributed by atoms with E-state index in [1.165, 1.54) is 3.57 Å². The highest BCUT2D eigenvalue weighted by molar-refractivity contribution is 5.41. The lowest BCUT2D eigenvalue weighted by Crippen LogP contribution is -3.34. The fourth-order valence-corrected chi connectivity index (χ4v) is 1.79. The molecule has 0 aromatic heterocycles. The Morgan fingerprint density at radius 2 is 1.40 bits per heavy atom. The average molecular weight is 305 g/mol. The van der Waals surface area contributed by atoms with Crippen molar-refractivity contribution >= 4 is 0 Å². The van der Waals surface area contributed by atoms with Crippen LogP contribution in [0, 0.1) is 15.4 Å². The van der Waals surface area contributed by atoms with Gasteiger partial charge < -0.3 is 0 Å². The number of halogens is 1. The minimum atomic E-state index is 1.06. The predicted molar refractivity (Wildman–Crippen MR) is 59.0 cm³/mol. The summed E-state index contributed by atoms with van der Waals surface area (Å²) in [5.74, 6) is 6.34. The zero-order valence-corrected chi connectivity index (χ0v) is 10.4. The van der Waals surface area contributed by atoms with Crippen LogP contribution in [0.15, 0.2) is 54.6 Å². The van der Waals surface area contributed by atoms with Crippen LogP contribution in [0.25, 0.3) is 0 Å². The molecule has 0 aliphatic heterocycles. The number of hydrogen-bond donors (Lipinski definition) is 0. The monoisotopic (exact) mass is 305 g/mol. The summed E-state index contributed by atoms with van der Waals surface area (Å²) in [5, 5.41) is 0. The molecule has 0 aliphatic carbocycles. The van der Waals surface area contributed by atoms with Crippen LogP contribution in [0.2, 0.25) is 0 Å². The van der Waals surface area contributed by atoms with Crippen molar-refractivity contribution in [2.45, 2.75) is 0 Å². The van der Waals surface area contributed by atoms with E-state index in [2.05, 4.69) is 17.9 Å². The van der Waals surface area contributed by atoms with E-state index in [0.717, 1.165) is 11.1 Å². The maximum atomic E-state index is 3.18. The van der Waals surface area contributed by atoms with Gasteiger partial charge >= 0.3 is 0 Å². The van der Waals surface area contributed by atoms with Crippen molar-refractivity contribution < 1.29 is 22.6 Å². The van der Waals surface area contributed by atoms with Gasteiger partial charge in [0.25, 0.3) is 22.6 Å². The number of rotatable bonds is 0. The first kappa shape index (κ1) is 10.3. The quantitative estimate of drug-likeness (QED) is 0.457. The standard InChI is InChI=1S/C14H10I/c15-14-9-5-4-8-13(14)11-10-12-6-2-1-3-7-12/h1-9,15H/q+1. The first-order chi connectivity index (χ1) is 7.36. The van der Waals surface area contributed by atoms with Crippen LogP contribution in [-0.4, -0.2) is 0 Å². The molecule has 1 heteroatoms. The fraction of sp³-hybridized carbons (Fsp3) is 0. The van der Waals surface area contributed by atoms with Gasteiger partial charge in [-0.3, -0.25) is 0 Å². The molecule has 0 atom stereocenters. The third-order valence-corrected chi connectivity index (χ3v) is 3.02. The van der Waals surface area contributed by atoms with E-state index in [9.17, 15) is 0 Å². The minimum Gasteiger partial charge on any atom is -0.0622 e. The van der Waals surface area contributed by atoms with Crippen LogP contribution in [-0.2, 0) is 0 Å². The fourth-order valence-electron chi connectivity index (χ4n) is 1.23. The molecule has 0 saturated carbocycles. The lowest BCUT2D eigenvalue weighted by molar-refractivity contribution is -0.328. The van der Waals surface area contributed by atoms with Crippen molar-refractivity contribution in [3.63, 3.8) is 0 Å². The second-order valence-electron chi connectivity index (χ2n) is 3.11. The summed E-state index contributed by atoms with van der Waals surface area (Å²) in [6.07, 6.45) is 0. The summed E-state index contributed by atoms with van der Waals surface area (Å²) in [4.78, 5) is 0. The third-order valence-electron chi connectivity index (χ3n) is 2.00. The second-order valence-corrected chi connectivity index (χ2v) is 4.37. The molecule has 0 fully saturated rings. The molecule has 0 unspecified atom stereocenters. The van der Waals surface area contributed by atoms with Gasteiger partial charge in [-0.15, -0.1) is 0 Å². The van der Waals surface area contributed by atoms with Gasteiger partial charge in [-0.2, -0.15) is 0 Å². The zero-order chi connectivity index (χ0) is 10.5. The molecule has 0 N–H and O–H groups in total. The number of hydrogen-bond acceptors (Lipinski definition) is 0. The molecular weight excluding hydrogens is 295 g/mol. The van der Waals surface area contributed by atoms with Crippen molar-refractivity contribution in [1.29, 1.82) is 0 Å². The molecule has 2 rings (SSSR count). The number of benzene rings is 2.